The Morgan fingerprint density at radius 2 is 1.83 bits per heavy atom. The van der Waals surface area contributed by atoms with Gasteiger partial charge in [-0.05, 0) is 25.2 Å². The molecule has 1 rings (SSSR count). The number of halogens is 1. The van der Waals surface area contributed by atoms with E-state index in [1.54, 1.807) is 7.05 Å². The first-order valence-corrected chi connectivity index (χ1v) is 9.85. The quantitative estimate of drug-likeness (QED) is 0.191. The first-order valence-electron chi connectivity index (χ1n) is 7.79. The lowest BCUT2D eigenvalue weighted by Gasteiger charge is -2.12. The Labute approximate surface area is 156 Å². The zero-order valence-corrected chi connectivity index (χ0v) is 17.2. The summed E-state index contributed by atoms with van der Waals surface area (Å²) in [6.45, 7) is 3.74. The molecule has 0 bridgehead atoms. The molecule has 0 saturated heterocycles. The largest absolute Gasteiger partial charge is 0.381 e. The van der Waals surface area contributed by atoms with Crippen molar-refractivity contribution >= 4 is 39.8 Å². The highest BCUT2D eigenvalue weighted by Crippen LogP contribution is 2.28. The minimum Gasteiger partial charge on any atom is -0.381 e. The molecule has 0 spiro atoms. The van der Waals surface area contributed by atoms with E-state index < -0.39 is 9.84 Å². The minimum absolute atomic E-state index is 0. The minimum atomic E-state index is -2.95. The van der Waals surface area contributed by atoms with Crippen molar-refractivity contribution in [2.45, 2.75) is 19.3 Å². The van der Waals surface area contributed by atoms with Crippen LogP contribution < -0.4 is 10.6 Å². The van der Waals surface area contributed by atoms with Crippen LogP contribution in [-0.4, -0.2) is 73.0 Å². The number of hydrogen-bond donors (Lipinski definition) is 2. The summed E-state index contributed by atoms with van der Waals surface area (Å²) in [6, 6.07) is 0. The van der Waals surface area contributed by atoms with E-state index in [2.05, 4.69) is 15.6 Å². The highest BCUT2D eigenvalue weighted by molar-refractivity contribution is 14.0. The third kappa shape index (κ3) is 15.2. The van der Waals surface area contributed by atoms with Gasteiger partial charge in [0.25, 0.3) is 0 Å². The van der Waals surface area contributed by atoms with Crippen LogP contribution >= 0.6 is 24.0 Å². The number of hydrogen-bond acceptors (Lipinski definition) is 5. The molecule has 1 fully saturated rings. The van der Waals surface area contributed by atoms with Gasteiger partial charge in [-0.2, -0.15) is 0 Å². The van der Waals surface area contributed by atoms with E-state index in [1.807, 2.05) is 0 Å². The van der Waals surface area contributed by atoms with Crippen LogP contribution in [0.3, 0.4) is 0 Å². The topological polar surface area (TPSA) is 89.0 Å². The maximum atomic E-state index is 10.9. The summed E-state index contributed by atoms with van der Waals surface area (Å²) in [5.41, 5.74) is 0. The van der Waals surface area contributed by atoms with Gasteiger partial charge in [-0.25, -0.2) is 8.42 Å². The van der Waals surface area contributed by atoms with E-state index in [0.717, 1.165) is 32.1 Å². The summed E-state index contributed by atoms with van der Waals surface area (Å²) in [4.78, 5) is 4.10. The molecular weight excluding hydrogens is 433 g/mol. The van der Waals surface area contributed by atoms with Crippen LogP contribution in [0.25, 0.3) is 0 Å². The average Bonchev–Trinajstić information content (AvgIpc) is 3.27. The molecule has 1 aliphatic rings. The van der Waals surface area contributed by atoms with Crippen molar-refractivity contribution in [1.29, 1.82) is 0 Å². The van der Waals surface area contributed by atoms with Crippen molar-refractivity contribution in [2.75, 3.05) is 58.6 Å². The van der Waals surface area contributed by atoms with E-state index in [9.17, 15) is 8.42 Å². The highest BCUT2D eigenvalue weighted by Gasteiger charge is 2.20. The lowest BCUT2D eigenvalue weighted by molar-refractivity contribution is 0.123. The van der Waals surface area contributed by atoms with Crippen molar-refractivity contribution in [3.05, 3.63) is 0 Å². The molecule has 0 aromatic carbocycles. The van der Waals surface area contributed by atoms with Crippen molar-refractivity contribution in [3.8, 4) is 0 Å². The monoisotopic (exact) mass is 463 g/mol. The Bertz CT molecular complexity index is 428. The lowest BCUT2D eigenvalue weighted by atomic mass is 10.4. The molecule has 0 atom stereocenters. The van der Waals surface area contributed by atoms with Crippen LogP contribution in [0.4, 0.5) is 0 Å². The van der Waals surface area contributed by atoms with Gasteiger partial charge in [0, 0.05) is 39.6 Å². The van der Waals surface area contributed by atoms with Crippen LogP contribution in [0.1, 0.15) is 19.3 Å². The molecule has 2 N–H and O–H groups in total. The van der Waals surface area contributed by atoms with E-state index in [0.29, 0.717) is 19.1 Å². The maximum absolute atomic E-state index is 10.9. The number of nitrogens with one attached hydrogen (secondary N) is 2. The Hall–Kier alpha value is -0.130. The average molecular weight is 463 g/mol. The number of sulfone groups is 1. The number of ether oxygens (including phenoxy) is 2. The van der Waals surface area contributed by atoms with Crippen molar-refractivity contribution in [2.24, 2.45) is 10.9 Å². The molecular formula is C14H30IN3O4S. The molecule has 0 aliphatic heterocycles. The second kappa shape index (κ2) is 13.2. The van der Waals surface area contributed by atoms with Gasteiger partial charge in [-0.1, -0.05) is 0 Å². The Balaban J connectivity index is 0.00000484. The highest BCUT2D eigenvalue weighted by atomic mass is 127. The summed E-state index contributed by atoms with van der Waals surface area (Å²) in [5.74, 6) is 1.58. The molecule has 1 aliphatic carbocycles. The zero-order valence-electron chi connectivity index (χ0n) is 14.0. The SMILES string of the molecule is CN=C(NCCCOCC1CC1)NCCOCCS(C)(=O)=O.I. The molecule has 0 aromatic heterocycles. The summed E-state index contributed by atoms with van der Waals surface area (Å²) in [7, 11) is -1.24. The van der Waals surface area contributed by atoms with Gasteiger partial charge in [0.1, 0.15) is 9.84 Å². The number of nitrogens with zero attached hydrogens (tertiary/aromatic N) is 1. The molecule has 0 heterocycles. The van der Waals surface area contributed by atoms with E-state index in [4.69, 9.17) is 9.47 Å². The summed E-state index contributed by atoms with van der Waals surface area (Å²) in [5, 5.41) is 6.31. The molecule has 23 heavy (non-hydrogen) atoms. The Morgan fingerprint density at radius 1 is 1.13 bits per heavy atom. The van der Waals surface area contributed by atoms with E-state index >= 15 is 0 Å². The van der Waals surface area contributed by atoms with E-state index in [1.165, 1.54) is 19.1 Å². The second-order valence-electron chi connectivity index (χ2n) is 5.54. The summed E-state index contributed by atoms with van der Waals surface area (Å²) >= 11 is 0. The van der Waals surface area contributed by atoms with Gasteiger partial charge in [0.15, 0.2) is 5.96 Å². The lowest BCUT2D eigenvalue weighted by Crippen LogP contribution is -2.39. The predicted octanol–water partition coefficient (Wildman–Crippen LogP) is 0.647. The summed E-state index contributed by atoms with van der Waals surface area (Å²) in [6.07, 6.45) is 4.79. The Kier molecular flexibility index (Phi) is 13.1. The van der Waals surface area contributed by atoms with Crippen LogP contribution in [0.5, 0.6) is 0 Å². The standard InChI is InChI=1S/C14H29N3O4S.HI/c1-15-14(16-6-3-8-21-12-13-4-5-13)17-7-9-20-10-11-22(2,18)19;/h13H,3-12H2,1-2H3,(H2,15,16,17);1H. The maximum Gasteiger partial charge on any atom is 0.191 e. The van der Waals surface area contributed by atoms with Gasteiger partial charge in [-0.15, -0.1) is 24.0 Å². The summed E-state index contributed by atoms with van der Waals surface area (Å²) < 4.78 is 32.6. The molecule has 7 nitrogen and oxygen atoms in total. The first-order chi connectivity index (χ1) is 10.5. The molecule has 0 unspecified atom stereocenters. The third-order valence-corrected chi connectivity index (χ3v) is 4.08. The van der Waals surface area contributed by atoms with Crippen LogP contribution in [0, 0.1) is 5.92 Å². The molecule has 9 heteroatoms. The fraction of sp³-hybridized carbons (Fsp3) is 0.929. The molecule has 0 aromatic rings. The molecule has 0 radical (unpaired) electrons. The van der Waals surface area contributed by atoms with Crippen molar-refractivity contribution < 1.29 is 17.9 Å². The predicted molar refractivity (Wildman–Crippen MR) is 103 cm³/mol. The Morgan fingerprint density at radius 3 is 2.43 bits per heavy atom. The second-order valence-corrected chi connectivity index (χ2v) is 7.80. The van der Waals surface area contributed by atoms with Crippen LogP contribution in [-0.2, 0) is 19.3 Å². The number of aliphatic imine (C=N–C) groups is 1. The smallest absolute Gasteiger partial charge is 0.191 e. The molecule has 0 amide bonds. The third-order valence-electron chi connectivity index (χ3n) is 3.17. The van der Waals surface area contributed by atoms with Crippen LogP contribution in [0.2, 0.25) is 0 Å². The van der Waals surface area contributed by atoms with Gasteiger partial charge in [-0.3, -0.25) is 4.99 Å². The molecule has 1 saturated carbocycles. The number of guanidine groups is 1. The van der Waals surface area contributed by atoms with Crippen molar-refractivity contribution in [3.63, 3.8) is 0 Å². The van der Waals surface area contributed by atoms with Gasteiger partial charge in [0.2, 0.25) is 0 Å². The normalized spacial score (nSPS) is 15.1. The number of rotatable bonds is 12. The van der Waals surface area contributed by atoms with Gasteiger partial charge in [0.05, 0.1) is 19.0 Å². The fourth-order valence-electron chi connectivity index (χ4n) is 1.69. The first kappa shape index (κ1) is 22.9. The van der Waals surface area contributed by atoms with Crippen LogP contribution in [0.15, 0.2) is 4.99 Å². The fourth-order valence-corrected chi connectivity index (χ4v) is 2.11. The van der Waals surface area contributed by atoms with Gasteiger partial charge < -0.3 is 20.1 Å². The van der Waals surface area contributed by atoms with Crippen molar-refractivity contribution in [1.82, 2.24) is 10.6 Å². The zero-order chi connectivity index (χ0) is 16.3. The molecule has 138 valence electrons. The van der Waals surface area contributed by atoms with Gasteiger partial charge >= 0.3 is 0 Å². The van der Waals surface area contributed by atoms with E-state index in [-0.39, 0.29) is 36.3 Å².